The van der Waals surface area contributed by atoms with Gasteiger partial charge in [-0.15, -0.1) is 0 Å². The molecule has 3 unspecified atom stereocenters. The van der Waals surface area contributed by atoms with Crippen molar-refractivity contribution in [2.75, 3.05) is 12.0 Å². The van der Waals surface area contributed by atoms with Crippen LogP contribution >= 0.6 is 0 Å². The van der Waals surface area contributed by atoms with Crippen LogP contribution in [0.4, 0.5) is 0 Å². The molecule has 3 atom stereocenters. The zero-order valence-corrected chi connectivity index (χ0v) is 12.6. The monoisotopic (exact) mass is 278 g/mol. The summed E-state index contributed by atoms with van der Waals surface area (Å²) >= 11 is 0. The number of carbonyl (C=O) groups is 1. The molecule has 0 aromatic rings. The van der Waals surface area contributed by atoms with Gasteiger partial charge in [-0.2, -0.15) is 0 Å². The SMILES string of the molecule is CCC(C)CC(C)NC(=O)C(N)CCS(C)(=O)=O. The van der Waals surface area contributed by atoms with Gasteiger partial charge in [0.05, 0.1) is 11.8 Å². The standard InChI is InChI=1S/C12H26N2O3S/c1-5-9(2)8-10(3)14-12(15)11(13)6-7-18(4,16)17/h9-11H,5-8,13H2,1-4H3,(H,14,15). The molecule has 6 heteroatoms. The summed E-state index contributed by atoms with van der Waals surface area (Å²) in [6, 6.07) is -0.684. The van der Waals surface area contributed by atoms with Crippen LogP contribution in [0, 0.1) is 5.92 Å². The third-order valence-corrected chi connectivity index (χ3v) is 3.96. The summed E-state index contributed by atoms with van der Waals surface area (Å²) in [6.45, 7) is 6.18. The lowest BCUT2D eigenvalue weighted by atomic mass is 10.00. The van der Waals surface area contributed by atoms with Crippen molar-refractivity contribution in [2.24, 2.45) is 11.7 Å². The molecule has 0 aromatic carbocycles. The summed E-state index contributed by atoms with van der Waals surface area (Å²) in [6.07, 6.45) is 3.28. The van der Waals surface area contributed by atoms with E-state index >= 15 is 0 Å². The Morgan fingerprint density at radius 3 is 2.33 bits per heavy atom. The van der Waals surface area contributed by atoms with Gasteiger partial charge in [-0.05, 0) is 25.7 Å². The second-order valence-corrected chi connectivity index (χ2v) is 7.44. The number of nitrogens with one attached hydrogen (secondary N) is 1. The molecule has 3 N–H and O–H groups in total. The van der Waals surface area contributed by atoms with Gasteiger partial charge in [0.15, 0.2) is 0 Å². The Bertz CT molecular complexity index is 354. The normalized spacial score (nSPS) is 16.9. The first-order valence-electron chi connectivity index (χ1n) is 6.39. The van der Waals surface area contributed by atoms with E-state index in [4.69, 9.17) is 5.73 Å². The van der Waals surface area contributed by atoms with Crippen LogP contribution in [0.1, 0.15) is 40.0 Å². The van der Waals surface area contributed by atoms with E-state index < -0.39 is 15.9 Å². The largest absolute Gasteiger partial charge is 0.352 e. The maximum absolute atomic E-state index is 11.7. The lowest BCUT2D eigenvalue weighted by Crippen LogP contribution is -2.45. The summed E-state index contributed by atoms with van der Waals surface area (Å²) in [7, 11) is -3.06. The molecule has 0 aromatic heterocycles. The topological polar surface area (TPSA) is 89.3 Å². The molecule has 0 fully saturated rings. The average Bonchev–Trinajstić information content (AvgIpc) is 2.24. The highest BCUT2D eigenvalue weighted by Gasteiger charge is 2.18. The van der Waals surface area contributed by atoms with Gasteiger partial charge in [-0.3, -0.25) is 4.79 Å². The first-order valence-corrected chi connectivity index (χ1v) is 8.45. The Hall–Kier alpha value is -0.620. The Morgan fingerprint density at radius 2 is 1.89 bits per heavy atom. The van der Waals surface area contributed by atoms with Crippen molar-refractivity contribution in [3.8, 4) is 0 Å². The molecule has 0 radical (unpaired) electrons. The Labute approximate surface area is 110 Å². The van der Waals surface area contributed by atoms with Crippen LogP contribution in [0.3, 0.4) is 0 Å². The molecule has 0 aliphatic carbocycles. The van der Waals surface area contributed by atoms with E-state index in [1.165, 1.54) is 0 Å². The maximum Gasteiger partial charge on any atom is 0.237 e. The van der Waals surface area contributed by atoms with Crippen LogP contribution in [-0.4, -0.2) is 38.4 Å². The van der Waals surface area contributed by atoms with Gasteiger partial charge in [0, 0.05) is 12.3 Å². The molecule has 108 valence electrons. The predicted octanol–water partition coefficient (Wildman–Crippen LogP) is 0.689. The molecule has 0 aliphatic rings. The highest BCUT2D eigenvalue weighted by Crippen LogP contribution is 2.09. The van der Waals surface area contributed by atoms with Crippen LogP contribution in [0.5, 0.6) is 0 Å². The van der Waals surface area contributed by atoms with Crippen molar-refractivity contribution in [2.45, 2.75) is 52.1 Å². The first-order chi connectivity index (χ1) is 8.15. The first kappa shape index (κ1) is 17.4. The minimum absolute atomic E-state index is 0.0542. The van der Waals surface area contributed by atoms with Crippen molar-refractivity contribution >= 4 is 15.7 Å². The van der Waals surface area contributed by atoms with Crippen LogP contribution < -0.4 is 11.1 Å². The minimum atomic E-state index is -3.06. The van der Waals surface area contributed by atoms with E-state index in [0.29, 0.717) is 5.92 Å². The molecule has 0 aliphatic heterocycles. The highest BCUT2D eigenvalue weighted by molar-refractivity contribution is 7.90. The lowest BCUT2D eigenvalue weighted by Gasteiger charge is -2.19. The molecule has 18 heavy (non-hydrogen) atoms. The zero-order chi connectivity index (χ0) is 14.3. The van der Waals surface area contributed by atoms with E-state index in [1.807, 2.05) is 6.92 Å². The fourth-order valence-electron chi connectivity index (χ4n) is 1.65. The van der Waals surface area contributed by atoms with E-state index in [0.717, 1.165) is 19.1 Å². The highest BCUT2D eigenvalue weighted by atomic mass is 32.2. The quantitative estimate of drug-likeness (QED) is 0.683. The van der Waals surface area contributed by atoms with E-state index in [1.54, 1.807) is 0 Å². The third-order valence-electron chi connectivity index (χ3n) is 2.98. The molecule has 0 rings (SSSR count). The summed E-state index contributed by atoms with van der Waals surface area (Å²) in [5.74, 6) is 0.225. The fraction of sp³-hybridized carbons (Fsp3) is 0.917. The van der Waals surface area contributed by atoms with Crippen molar-refractivity contribution in [1.29, 1.82) is 0 Å². The smallest absolute Gasteiger partial charge is 0.237 e. The maximum atomic E-state index is 11.7. The Morgan fingerprint density at radius 1 is 1.33 bits per heavy atom. The van der Waals surface area contributed by atoms with Crippen molar-refractivity contribution in [3.63, 3.8) is 0 Å². The molecule has 0 saturated carbocycles. The Balaban J connectivity index is 4.08. The number of amides is 1. The van der Waals surface area contributed by atoms with Crippen LogP contribution in [-0.2, 0) is 14.6 Å². The summed E-state index contributed by atoms with van der Waals surface area (Å²) in [5, 5.41) is 2.82. The predicted molar refractivity (Wildman–Crippen MR) is 74.0 cm³/mol. The molecule has 0 saturated heterocycles. The van der Waals surface area contributed by atoms with Crippen molar-refractivity contribution < 1.29 is 13.2 Å². The zero-order valence-electron chi connectivity index (χ0n) is 11.8. The number of sulfone groups is 1. The lowest BCUT2D eigenvalue weighted by molar-refractivity contribution is -0.123. The summed E-state index contributed by atoms with van der Waals surface area (Å²) in [4.78, 5) is 11.7. The van der Waals surface area contributed by atoms with Gasteiger partial charge >= 0.3 is 0 Å². The molecule has 0 bridgehead atoms. The number of nitrogens with two attached hydrogens (primary N) is 1. The van der Waals surface area contributed by atoms with Gasteiger partial charge in [-0.1, -0.05) is 20.3 Å². The molecule has 5 nitrogen and oxygen atoms in total. The van der Waals surface area contributed by atoms with Gasteiger partial charge < -0.3 is 11.1 Å². The second kappa shape index (κ2) is 7.74. The Kier molecular flexibility index (Phi) is 7.47. The number of rotatable bonds is 8. The van der Waals surface area contributed by atoms with Gasteiger partial charge in [-0.25, -0.2) is 8.42 Å². The van der Waals surface area contributed by atoms with Crippen LogP contribution in [0.25, 0.3) is 0 Å². The average molecular weight is 278 g/mol. The molecular formula is C12H26N2O3S. The molecular weight excluding hydrogens is 252 g/mol. The minimum Gasteiger partial charge on any atom is -0.352 e. The number of hydrogen-bond donors (Lipinski definition) is 2. The number of carbonyl (C=O) groups excluding carboxylic acids is 1. The fourth-order valence-corrected chi connectivity index (χ4v) is 2.33. The van der Waals surface area contributed by atoms with Gasteiger partial charge in [0.25, 0.3) is 0 Å². The number of hydrogen-bond acceptors (Lipinski definition) is 4. The van der Waals surface area contributed by atoms with E-state index in [2.05, 4.69) is 19.2 Å². The van der Waals surface area contributed by atoms with E-state index in [-0.39, 0.29) is 24.1 Å². The second-order valence-electron chi connectivity index (χ2n) is 5.18. The van der Waals surface area contributed by atoms with Crippen molar-refractivity contribution in [1.82, 2.24) is 5.32 Å². The molecule has 0 heterocycles. The summed E-state index contributed by atoms with van der Waals surface area (Å²) in [5.41, 5.74) is 5.66. The van der Waals surface area contributed by atoms with Crippen LogP contribution in [0.2, 0.25) is 0 Å². The molecule has 0 spiro atoms. The van der Waals surface area contributed by atoms with Gasteiger partial charge in [0.2, 0.25) is 5.91 Å². The van der Waals surface area contributed by atoms with E-state index in [9.17, 15) is 13.2 Å². The molecule has 1 amide bonds. The van der Waals surface area contributed by atoms with Gasteiger partial charge in [0.1, 0.15) is 9.84 Å². The van der Waals surface area contributed by atoms with Crippen LogP contribution in [0.15, 0.2) is 0 Å². The summed E-state index contributed by atoms with van der Waals surface area (Å²) < 4.78 is 22.0. The third kappa shape index (κ3) is 8.47. The van der Waals surface area contributed by atoms with Crippen molar-refractivity contribution in [3.05, 3.63) is 0 Å².